The molecule has 166 valence electrons. The first-order valence-corrected chi connectivity index (χ1v) is 10.7. The van der Waals surface area contributed by atoms with E-state index < -0.39 is 11.5 Å². The average molecular weight is 448 g/mol. The Morgan fingerprint density at radius 3 is 2.59 bits per heavy atom. The monoisotopic (exact) mass is 448 g/mol. The van der Waals surface area contributed by atoms with Gasteiger partial charge >= 0.3 is 0 Å². The second-order valence-electron chi connectivity index (χ2n) is 7.80. The molecule has 8 nitrogen and oxygen atoms in total. The molecular weight excluding hydrogens is 428 g/mol. The number of aromatic nitrogens is 5. The fraction of sp³-hybridized carbons (Fsp3) is 0.0769. The third kappa shape index (κ3) is 4.16. The predicted octanol–water partition coefficient (Wildman–Crippen LogP) is 3.93. The number of hydrogen-bond acceptors (Lipinski definition) is 6. The Bertz CT molecular complexity index is 1530. The smallest absolute Gasteiger partial charge is 0.264 e. The molecule has 2 N–H and O–H groups in total. The fourth-order valence-corrected chi connectivity index (χ4v) is 3.80. The number of carbonyl (C=O) groups excluding carboxylic acids is 1. The van der Waals surface area contributed by atoms with Crippen LogP contribution in [0.4, 0.5) is 0 Å². The Kier molecular flexibility index (Phi) is 5.61. The Balaban J connectivity index is 1.33. The highest BCUT2D eigenvalue weighted by molar-refractivity contribution is 5.96. The van der Waals surface area contributed by atoms with Crippen molar-refractivity contribution in [1.82, 2.24) is 30.5 Å². The SMILES string of the molecule is C[C@H](NC(=O)c1cnc(-c2cccnn2)[nH]c1=O)c1ccc(-c2cccc3cnccc23)cc1. The van der Waals surface area contributed by atoms with Gasteiger partial charge in [0.15, 0.2) is 5.82 Å². The van der Waals surface area contributed by atoms with Gasteiger partial charge in [0.25, 0.3) is 11.5 Å². The zero-order valence-corrected chi connectivity index (χ0v) is 18.3. The lowest BCUT2D eigenvalue weighted by Gasteiger charge is -2.15. The van der Waals surface area contributed by atoms with Crippen molar-refractivity contribution in [3.8, 4) is 22.6 Å². The first-order valence-electron chi connectivity index (χ1n) is 10.7. The lowest BCUT2D eigenvalue weighted by molar-refractivity contribution is 0.0938. The maximum atomic E-state index is 12.7. The highest BCUT2D eigenvalue weighted by Gasteiger charge is 2.16. The minimum absolute atomic E-state index is 0.0690. The number of carbonyl (C=O) groups is 1. The van der Waals surface area contributed by atoms with Crippen LogP contribution in [0.1, 0.15) is 28.9 Å². The zero-order chi connectivity index (χ0) is 23.5. The van der Waals surface area contributed by atoms with Gasteiger partial charge < -0.3 is 10.3 Å². The number of H-pyrrole nitrogens is 1. The van der Waals surface area contributed by atoms with Crippen molar-refractivity contribution >= 4 is 16.7 Å². The summed E-state index contributed by atoms with van der Waals surface area (Å²) in [4.78, 5) is 36.1. The van der Waals surface area contributed by atoms with Crippen LogP contribution in [0.5, 0.6) is 0 Å². The van der Waals surface area contributed by atoms with E-state index in [1.165, 1.54) is 12.4 Å². The van der Waals surface area contributed by atoms with Crippen molar-refractivity contribution in [3.63, 3.8) is 0 Å². The highest BCUT2D eigenvalue weighted by atomic mass is 16.2. The van der Waals surface area contributed by atoms with Gasteiger partial charge in [-0.3, -0.25) is 14.6 Å². The van der Waals surface area contributed by atoms with Crippen LogP contribution in [0.15, 0.2) is 90.2 Å². The van der Waals surface area contributed by atoms with E-state index in [0.717, 1.165) is 27.5 Å². The van der Waals surface area contributed by atoms with Gasteiger partial charge in [0.2, 0.25) is 0 Å². The molecule has 0 aliphatic heterocycles. The van der Waals surface area contributed by atoms with Crippen molar-refractivity contribution in [3.05, 3.63) is 107 Å². The van der Waals surface area contributed by atoms with Crippen LogP contribution in [0.25, 0.3) is 33.4 Å². The van der Waals surface area contributed by atoms with Crippen LogP contribution >= 0.6 is 0 Å². The molecule has 0 saturated carbocycles. The Morgan fingerprint density at radius 1 is 0.971 bits per heavy atom. The largest absolute Gasteiger partial charge is 0.345 e. The summed E-state index contributed by atoms with van der Waals surface area (Å²) < 4.78 is 0. The van der Waals surface area contributed by atoms with Crippen LogP contribution in [-0.4, -0.2) is 31.1 Å². The third-order valence-corrected chi connectivity index (χ3v) is 5.61. The Labute approximate surface area is 194 Å². The quantitative estimate of drug-likeness (QED) is 0.421. The average Bonchev–Trinajstić information content (AvgIpc) is 2.89. The lowest BCUT2D eigenvalue weighted by Crippen LogP contribution is -2.32. The summed E-state index contributed by atoms with van der Waals surface area (Å²) in [7, 11) is 0. The van der Waals surface area contributed by atoms with Crippen LogP contribution in [0.3, 0.4) is 0 Å². The molecule has 0 fully saturated rings. The molecule has 0 unspecified atom stereocenters. The Hall–Kier alpha value is -4.72. The molecule has 2 aromatic carbocycles. The van der Waals surface area contributed by atoms with Crippen molar-refractivity contribution in [2.24, 2.45) is 0 Å². The number of aromatic amines is 1. The normalized spacial score (nSPS) is 11.8. The number of nitrogens with zero attached hydrogens (tertiary/aromatic N) is 4. The molecule has 0 bridgehead atoms. The summed E-state index contributed by atoms with van der Waals surface area (Å²) in [5.74, 6) is -0.250. The van der Waals surface area contributed by atoms with E-state index in [0.29, 0.717) is 5.69 Å². The van der Waals surface area contributed by atoms with Crippen LogP contribution in [0.2, 0.25) is 0 Å². The van der Waals surface area contributed by atoms with Gasteiger partial charge in [0.05, 0.1) is 6.04 Å². The lowest BCUT2D eigenvalue weighted by atomic mass is 9.97. The zero-order valence-electron chi connectivity index (χ0n) is 18.3. The first-order chi connectivity index (χ1) is 16.6. The van der Waals surface area contributed by atoms with Gasteiger partial charge in [-0.05, 0) is 47.2 Å². The Morgan fingerprint density at radius 2 is 1.82 bits per heavy atom. The van der Waals surface area contributed by atoms with E-state index in [2.05, 4.69) is 36.5 Å². The van der Waals surface area contributed by atoms with E-state index in [-0.39, 0.29) is 17.4 Å². The molecular formula is C26H20N6O2. The maximum absolute atomic E-state index is 12.7. The van der Waals surface area contributed by atoms with Crippen LogP contribution in [-0.2, 0) is 0 Å². The van der Waals surface area contributed by atoms with Crippen molar-refractivity contribution in [2.45, 2.75) is 13.0 Å². The maximum Gasteiger partial charge on any atom is 0.264 e. The third-order valence-electron chi connectivity index (χ3n) is 5.61. The highest BCUT2D eigenvalue weighted by Crippen LogP contribution is 2.29. The van der Waals surface area contributed by atoms with Gasteiger partial charge in [-0.2, -0.15) is 5.10 Å². The van der Waals surface area contributed by atoms with Crippen LogP contribution < -0.4 is 10.9 Å². The second kappa shape index (κ2) is 9.03. The fourth-order valence-electron chi connectivity index (χ4n) is 3.80. The minimum Gasteiger partial charge on any atom is -0.345 e. The number of pyridine rings is 1. The van der Waals surface area contributed by atoms with Gasteiger partial charge in [0.1, 0.15) is 11.3 Å². The van der Waals surface area contributed by atoms with Crippen molar-refractivity contribution < 1.29 is 4.79 Å². The number of nitrogens with one attached hydrogen (secondary N) is 2. The van der Waals surface area contributed by atoms with E-state index in [4.69, 9.17) is 0 Å². The molecule has 0 spiro atoms. The number of rotatable bonds is 5. The van der Waals surface area contributed by atoms with Crippen LogP contribution in [0, 0.1) is 0 Å². The molecule has 8 heteroatoms. The van der Waals surface area contributed by atoms with Gasteiger partial charge in [0, 0.05) is 30.2 Å². The topological polar surface area (TPSA) is 114 Å². The van der Waals surface area contributed by atoms with E-state index in [1.54, 1.807) is 18.3 Å². The number of hydrogen-bond donors (Lipinski definition) is 2. The molecule has 0 aliphatic rings. The molecule has 5 rings (SSSR count). The summed E-state index contributed by atoms with van der Waals surface area (Å²) in [6, 6.07) is 19.2. The number of amides is 1. The summed E-state index contributed by atoms with van der Waals surface area (Å²) >= 11 is 0. The molecule has 3 aromatic heterocycles. The molecule has 3 heterocycles. The van der Waals surface area contributed by atoms with Crippen molar-refractivity contribution in [2.75, 3.05) is 0 Å². The van der Waals surface area contributed by atoms with E-state index >= 15 is 0 Å². The molecule has 34 heavy (non-hydrogen) atoms. The first kappa shape index (κ1) is 21.1. The molecule has 0 radical (unpaired) electrons. The van der Waals surface area contributed by atoms with Gasteiger partial charge in [-0.25, -0.2) is 4.98 Å². The summed E-state index contributed by atoms with van der Waals surface area (Å²) in [6.07, 6.45) is 6.41. The van der Waals surface area contributed by atoms with Gasteiger partial charge in [-0.15, -0.1) is 5.10 Å². The number of fused-ring (bicyclic) bond motifs is 1. The van der Waals surface area contributed by atoms with Crippen molar-refractivity contribution in [1.29, 1.82) is 0 Å². The van der Waals surface area contributed by atoms with E-state index in [1.807, 2.05) is 55.6 Å². The second-order valence-corrected chi connectivity index (χ2v) is 7.80. The summed E-state index contributed by atoms with van der Waals surface area (Å²) in [6.45, 7) is 1.87. The molecule has 0 saturated heterocycles. The number of benzene rings is 2. The molecule has 5 aromatic rings. The predicted molar refractivity (Wildman–Crippen MR) is 129 cm³/mol. The molecule has 1 atom stereocenters. The van der Waals surface area contributed by atoms with Gasteiger partial charge in [-0.1, -0.05) is 42.5 Å². The summed E-state index contributed by atoms with van der Waals surface area (Å²) in [5.41, 5.74) is 2.91. The standard InChI is InChI=1S/C26H20N6O2/c1-16(30-25(33)22-15-28-24(31-26(22)34)23-6-3-12-29-32-23)17-7-9-18(10-8-17)20-5-2-4-19-14-27-13-11-21(19)20/h2-16H,1H3,(H,30,33)(H,28,31,34)/t16-/m0/s1. The minimum atomic E-state index is -0.541. The molecule has 0 aliphatic carbocycles. The summed E-state index contributed by atoms with van der Waals surface area (Å²) in [5, 5.41) is 12.8. The van der Waals surface area contributed by atoms with E-state index in [9.17, 15) is 9.59 Å². The molecule has 1 amide bonds.